The summed E-state index contributed by atoms with van der Waals surface area (Å²) in [7, 11) is 0. The molecule has 0 atom stereocenters. The molecule has 0 radical (unpaired) electrons. The first-order chi connectivity index (χ1) is 10.2. The second-order valence-corrected chi connectivity index (χ2v) is 4.84. The van der Waals surface area contributed by atoms with Gasteiger partial charge in [0.15, 0.2) is 5.78 Å². The monoisotopic (exact) mass is 307 g/mol. The van der Waals surface area contributed by atoms with Crippen LogP contribution in [0.2, 0.25) is 0 Å². The molecule has 0 aliphatic heterocycles. The first kappa shape index (κ1) is 15.2. The number of carbonyl (C=O) groups excluding carboxylic acids is 2. The number of Topliss-reactive ketones (excluding diaryl/α,β-unsaturated/α-hetero) is 1. The van der Waals surface area contributed by atoms with Crippen molar-refractivity contribution in [3.05, 3.63) is 24.5 Å². The summed E-state index contributed by atoms with van der Waals surface area (Å²) in [5, 5.41) is 8.00. The summed E-state index contributed by atoms with van der Waals surface area (Å²) < 4.78 is 10.1. The Kier molecular flexibility index (Phi) is 5.44. The number of hydrogen-bond donors (Lipinski definition) is 0. The van der Waals surface area contributed by atoms with Gasteiger partial charge in [-0.1, -0.05) is 11.8 Å². The predicted octanol–water partition coefficient (Wildman–Crippen LogP) is 1.75. The fourth-order valence-electron chi connectivity index (χ4n) is 1.45. The Hall–Kier alpha value is -2.22. The average Bonchev–Trinajstić information content (AvgIpc) is 2.95. The molecule has 0 bridgehead atoms. The van der Waals surface area contributed by atoms with E-state index in [1.165, 1.54) is 0 Å². The highest BCUT2D eigenvalue weighted by molar-refractivity contribution is 7.99. The Morgan fingerprint density at radius 3 is 2.76 bits per heavy atom. The fraction of sp³-hybridized carbons (Fsp3) is 0.308. The number of thioether (sulfide) groups is 1. The second kappa shape index (κ2) is 7.53. The van der Waals surface area contributed by atoms with Crippen molar-refractivity contribution in [2.75, 3.05) is 12.4 Å². The van der Waals surface area contributed by atoms with Crippen LogP contribution in [0.4, 0.5) is 0 Å². The van der Waals surface area contributed by atoms with Crippen molar-refractivity contribution in [1.82, 2.24) is 15.2 Å². The van der Waals surface area contributed by atoms with Gasteiger partial charge in [0.05, 0.1) is 12.4 Å². The Morgan fingerprint density at radius 1 is 1.29 bits per heavy atom. The zero-order valence-corrected chi connectivity index (χ0v) is 12.1. The first-order valence-corrected chi connectivity index (χ1v) is 7.21. The third-order valence-electron chi connectivity index (χ3n) is 2.34. The molecule has 8 heteroatoms. The summed E-state index contributed by atoms with van der Waals surface area (Å²) in [6.07, 6.45) is 3.00. The van der Waals surface area contributed by atoms with Crippen molar-refractivity contribution in [2.24, 2.45) is 0 Å². The molecule has 2 aromatic rings. The van der Waals surface area contributed by atoms with E-state index < -0.39 is 5.97 Å². The van der Waals surface area contributed by atoms with Crippen LogP contribution in [0.5, 0.6) is 0 Å². The van der Waals surface area contributed by atoms with Crippen LogP contribution in [0.1, 0.15) is 13.3 Å². The summed E-state index contributed by atoms with van der Waals surface area (Å²) in [6, 6.07) is 3.49. The van der Waals surface area contributed by atoms with E-state index in [0.29, 0.717) is 5.89 Å². The van der Waals surface area contributed by atoms with Gasteiger partial charge in [-0.05, 0) is 19.1 Å². The third kappa shape index (κ3) is 4.67. The number of carbonyl (C=O) groups is 2. The lowest BCUT2D eigenvalue weighted by Gasteiger charge is -1.99. The van der Waals surface area contributed by atoms with E-state index >= 15 is 0 Å². The Bertz CT molecular complexity index is 615. The molecule has 110 valence electrons. The number of pyridine rings is 1. The fourth-order valence-corrected chi connectivity index (χ4v) is 2.07. The van der Waals surface area contributed by atoms with Gasteiger partial charge in [0.1, 0.15) is 6.42 Å². The van der Waals surface area contributed by atoms with Crippen LogP contribution < -0.4 is 0 Å². The molecule has 0 fully saturated rings. The number of ketones is 1. The van der Waals surface area contributed by atoms with Crippen LogP contribution >= 0.6 is 11.8 Å². The number of esters is 1. The molecule has 21 heavy (non-hydrogen) atoms. The molecule has 0 spiro atoms. The zero-order chi connectivity index (χ0) is 15.1. The van der Waals surface area contributed by atoms with Gasteiger partial charge in [-0.25, -0.2) is 0 Å². The van der Waals surface area contributed by atoms with Gasteiger partial charge in [-0.15, -0.1) is 10.2 Å². The van der Waals surface area contributed by atoms with Crippen LogP contribution in [-0.4, -0.2) is 39.3 Å². The molecule has 0 saturated heterocycles. The normalized spacial score (nSPS) is 10.3. The van der Waals surface area contributed by atoms with Crippen LogP contribution in [0, 0.1) is 0 Å². The topological polar surface area (TPSA) is 95.2 Å². The minimum atomic E-state index is -0.522. The largest absolute Gasteiger partial charge is 0.466 e. The van der Waals surface area contributed by atoms with Crippen LogP contribution in [0.3, 0.4) is 0 Å². The number of nitrogens with zero attached hydrogens (tertiary/aromatic N) is 3. The highest BCUT2D eigenvalue weighted by Crippen LogP contribution is 2.22. The van der Waals surface area contributed by atoms with Crippen molar-refractivity contribution >= 4 is 23.5 Å². The smallest absolute Gasteiger partial charge is 0.313 e. The Morgan fingerprint density at radius 2 is 2.05 bits per heavy atom. The molecule has 2 aromatic heterocycles. The number of hydrogen-bond acceptors (Lipinski definition) is 8. The molecule has 2 heterocycles. The summed E-state index contributed by atoms with van der Waals surface area (Å²) in [5.74, 6) is -0.331. The molecule has 0 aliphatic rings. The van der Waals surface area contributed by atoms with E-state index in [4.69, 9.17) is 9.15 Å². The van der Waals surface area contributed by atoms with E-state index in [1.807, 2.05) is 0 Å². The van der Waals surface area contributed by atoms with Gasteiger partial charge in [-0.2, -0.15) is 0 Å². The van der Waals surface area contributed by atoms with E-state index in [-0.39, 0.29) is 29.8 Å². The molecule has 2 rings (SSSR count). The minimum absolute atomic E-state index is 0.0802. The molecule has 0 saturated carbocycles. The first-order valence-electron chi connectivity index (χ1n) is 6.23. The Labute approximate surface area is 125 Å². The maximum atomic E-state index is 11.6. The molecule has 0 amide bonds. The van der Waals surface area contributed by atoms with Gasteiger partial charge in [0.2, 0.25) is 5.89 Å². The van der Waals surface area contributed by atoms with Crippen LogP contribution in [-0.2, 0) is 14.3 Å². The van der Waals surface area contributed by atoms with E-state index in [1.54, 1.807) is 31.5 Å². The molecular formula is C13H13N3O4S. The van der Waals surface area contributed by atoms with Gasteiger partial charge in [-0.3, -0.25) is 14.6 Å². The van der Waals surface area contributed by atoms with Crippen LogP contribution in [0.25, 0.3) is 11.5 Å². The maximum absolute atomic E-state index is 11.6. The van der Waals surface area contributed by atoms with Gasteiger partial charge in [0.25, 0.3) is 5.22 Å². The highest BCUT2D eigenvalue weighted by Gasteiger charge is 2.14. The van der Waals surface area contributed by atoms with E-state index in [9.17, 15) is 9.59 Å². The maximum Gasteiger partial charge on any atom is 0.313 e. The van der Waals surface area contributed by atoms with Gasteiger partial charge < -0.3 is 9.15 Å². The standard InChI is InChI=1S/C13H13N3O4S/c1-2-19-11(18)7-10(17)8-21-13-16-15-12(20-13)9-3-5-14-6-4-9/h3-6H,2,7-8H2,1H3. The van der Waals surface area contributed by atoms with Crippen molar-refractivity contribution in [2.45, 2.75) is 18.6 Å². The lowest BCUT2D eigenvalue weighted by Crippen LogP contribution is -2.12. The average molecular weight is 307 g/mol. The molecule has 0 N–H and O–H groups in total. The minimum Gasteiger partial charge on any atom is -0.466 e. The van der Waals surface area contributed by atoms with Gasteiger partial charge >= 0.3 is 5.97 Å². The second-order valence-electron chi connectivity index (χ2n) is 3.92. The quantitative estimate of drug-likeness (QED) is 0.433. The van der Waals surface area contributed by atoms with E-state index in [2.05, 4.69) is 15.2 Å². The molecule has 0 aromatic carbocycles. The number of ether oxygens (including phenoxy) is 1. The zero-order valence-electron chi connectivity index (χ0n) is 11.3. The summed E-state index contributed by atoms with van der Waals surface area (Å²) in [5.41, 5.74) is 0.752. The highest BCUT2D eigenvalue weighted by atomic mass is 32.2. The molecule has 7 nitrogen and oxygen atoms in total. The summed E-state index contributed by atoms with van der Waals surface area (Å²) >= 11 is 1.09. The van der Waals surface area contributed by atoms with Gasteiger partial charge in [0, 0.05) is 18.0 Å². The number of aromatic nitrogens is 3. The third-order valence-corrected chi connectivity index (χ3v) is 3.22. The summed E-state index contributed by atoms with van der Waals surface area (Å²) in [6.45, 7) is 1.95. The summed E-state index contributed by atoms with van der Waals surface area (Å²) in [4.78, 5) is 26.6. The molecule has 0 unspecified atom stereocenters. The van der Waals surface area contributed by atoms with Crippen molar-refractivity contribution < 1.29 is 18.7 Å². The lowest BCUT2D eigenvalue weighted by atomic mass is 10.3. The van der Waals surface area contributed by atoms with Crippen molar-refractivity contribution in [3.8, 4) is 11.5 Å². The van der Waals surface area contributed by atoms with Crippen molar-refractivity contribution in [3.63, 3.8) is 0 Å². The van der Waals surface area contributed by atoms with Crippen molar-refractivity contribution in [1.29, 1.82) is 0 Å². The Balaban J connectivity index is 1.86. The predicted molar refractivity (Wildman–Crippen MR) is 74.5 cm³/mol. The molecule has 0 aliphatic carbocycles. The number of rotatable bonds is 7. The van der Waals surface area contributed by atoms with Crippen LogP contribution in [0.15, 0.2) is 34.2 Å². The lowest BCUT2D eigenvalue weighted by molar-refractivity contribution is -0.145. The molecular weight excluding hydrogens is 294 g/mol. The SMILES string of the molecule is CCOC(=O)CC(=O)CSc1nnc(-c2ccncc2)o1. The van der Waals surface area contributed by atoms with E-state index in [0.717, 1.165) is 17.3 Å².